The summed E-state index contributed by atoms with van der Waals surface area (Å²) in [7, 11) is -4.52. The number of hydrogen-bond acceptors (Lipinski definition) is 8. The maximum Gasteiger partial charge on any atom is 0.289 e. The molecule has 0 radical (unpaired) electrons. The fourth-order valence-corrected chi connectivity index (χ4v) is 5.31. The highest BCUT2D eigenvalue weighted by Crippen LogP contribution is 2.29. The van der Waals surface area contributed by atoms with Gasteiger partial charge in [-0.25, -0.2) is 18.2 Å². The number of rotatable bonds is 12. The predicted molar refractivity (Wildman–Crippen MR) is 157 cm³/mol. The number of amides is 2. The van der Waals surface area contributed by atoms with Crippen LogP contribution < -0.4 is 19.8 Å². The monoisotopic (exact) mass is 605 g/mol. The van der Waals surface area contributed by atoms with Gasteiger partial charge in [-0.1, -0.05) is 30.3 Å². The lowest BCUT2D eigenvalue weighted by molar-refractivity contribution is -0.387. The number of hydrogen-bond donors (Lipinski definition) is 2. The van der Waals surface area contributed by atoms with Gasteiger partial charge in [0.1, 0.15) is 18.1 Å². The summed E-state index contributed by atoms with van der Waals surface area (Å²) in [4.78, 5) is 34.9. The third kappa shape index (κ3) is 8.20. The first-order valence-electron chi connectivity index (χ1n) is 12.5. The molecule has 0 saturated carbocycles. The summed E-state index contributed by atoms with van der Waals surface area (Å²) >= 11 is 0. The first-order valence-corrected chi connectivity index (χ1v) is 14.0. The van der Waals surface area contributed by atoms with Gasteiger partial charge in [0.15, 0.2) is 11.5 Å². The van der Waals surface area contributed by atoms with E-state index in [2.05, 4.69) is 15.8 Å². The number of nitrogens with one attached hydrogen (secondary N) is 2. The molecule has 0 aliphatic heterocycles. The minimum atomic E-state index is -4.52. The summed E-state index contributed by atoms with van der Waals surface area (Å²) in [5.41, 5.74) is 2.74. The molecule has 14 heteroatoms. The molecule has 4 rings (SSSR count). The van der Waals surface area contributed by atoms with Gasteiger partial charge in [0, 0.05) is 11.8 Å². The van der Waals surface area contributed by atoms with E-state index in [1.54, 1.807) is 42.5 Å². The van der Waals surface area contributed by atoms with Crippen LogP contribution in [0.15, 0.2) is 113 Å². The molecule has 0 unspecified atom stereocenters. The van der Waals surface area contributed by atoms with Crippen molar-refractivity contribution >= 4 is 45.1 Å². The molecule has 0 heterocycles. The van der Waals surface area contributed by atoms with Gasteiger partial charge in [0.2, 0.25) is 0 Å². The molecule has 0 saturated heterocycles. The Morgan fingerprint density at radius 1 is 0.907 bits per heavy atom. The van der Waals surface area contributed by atoms with E-state index >= 15 is 0 Å². The first kappa shape index (κ1) is 30.3. The van der Waals surface area contributed by atoms with Crippen molar-refractivity contribution in [2.45, 2.75) is 4.90 Å². The van der Waals surface area contributed by atoms with E-state index in [4.69, 9.17) is 4.74 Å². The quantitative estimate of drug-likeness (QED) is 0.140. The van der Waals surface area contributed by atoms with Gasteiger partial charge in [-0.05, 0) is 72.3 Å². The molecule has 4 aromatic rings. The zero-order valence-electron chi connectivity index (χ0n) is 22.3. The predicted octanol–water partition coefficient (Wildman–Crippen LogP) is 4.10. The second kappa shape index (κ2) is 13.8. The normalized spacial score (nSPS) is 11.1. The third-order valence-corrected chi connectivity index (χ3v) is 7.56. The molecular formula is C29H24FN5O7S. The third-order valence-electron chi connectivity index (χ3n) is 5.74. The van der Waals surface area contributed by atoms with Gasteiger partial charge in [0.25, 0.3) is 27.5 Å². The number of ether oxygens (including phenoxy) is 1. The maximum atomic E-state index is 13.5. The zero-order valence-corrected chi connectivity index (χ0v) is 23.1. The number of nitro groups is 1. The number of hydrazone groups is 1. The molecule has 4 aromatic carbocycles. The van der Waals surface area contributed by atoms with Crippen LogP contribution in [0, 0.1) is 15.9 Å². The van der Waals surface area contributed by atoms with Gasteiger partial charge in [0.05, 0.1) is 16.8 Å². The fourth-order valence-electron chi connectivity index (χ4n) is 3.73. The Labute approximate surface area is 245 Å². The molecule has 0 bridgehead atoms. The van der Waals surface area contributed by atoms with Crippen LogP contribution in [0.3, 0.4) is 0 Å². The molecule has 2 N–H and O–H groups in total. The number of halogens is 1. The van der Waals surface area contributed by atoms with Crippen LogP contribution in [0.1, 0.15) is 5.56 Å². The van der Waals surface area contributed by atoms with Crippen molar-refractivity contribution in [3.05, 3.63) is 125 Å². The molecule has 2 amide bonds. The van der Waals surface area contributed by atoms with E-state index in [9.17, 15) is 32.5 Å². The van der Waals surface area contributed by atoms with Gasteiger partial charge in [-0.2, -0.15) is 5.10 Å². The van der Waals surface area contributed by atoms with Crippen molar-refractivity contribution in [3.8, 4) is 5.75 Å². The van der Waals surface area contributed by atoms with Crippen LogP contribution in [-0.2, 0) is 19.6 Å². The highest BCUT2D eigenvalue weighted by Gasteiger charge is 2.33. The minimum absolute atomic E-state index is 0.127. The Hall–Kier alpha value is -5.63. The van der Waals surface area contributed by atoms with Gasteiger partial charge >= 0.3 is 0 Å². The summed E-state index contributed by atoms with van der Waals surface area (Å²) in [6.07, 6.45) is 1.31. The van der Waals surface area contributed by atoms with Crippen LogP contribution in [0.4, 0.5) is 21.5 Å². The van der Waals surface area contributed by atoms with Crippen molar-refractivity contribution < 1.29 is 32.1 Å². The van der Waals surface area contributed by atoms with E-state index in [-0.39, 0.29) is 12.3 Å². The van der Waals surface area contributed by atoms with E-state index in [1.807, 2.05) is 0 Å². The minimum Gasteiger partial charge on any atom is -0.484 e. The summed E-state index contributed by atoms with van der Waals surface area (Å²) in [5.74, 6) is -1.27. The van der Waals surface area contributed by atoms with Gasteiger partial charge < -0.3 is 10.1 Å². The molecule has 0 aliphatic carbocycles. The SMILES string of the molecule is O=C(CN(c1ccccc1)S(=O)(=O)c1ccccc1[N+](=O)[O-])N/N=C\c1ccc(OCC(=O)Nc2ccc(F)cc2)cc1. The second-order valence-electron chi connectivity index (χ2n) is 8.78. The number of anilines is 2. The Morgan fingerprint density at radius 2 is 1.56 bits per heavy atom. The number of para-hydroxylation sites is 2. The fraction of sp³-hybridized carbons (Fsp3) is 0.0690. The molecule has 0 aromatic heterocycles. The standard InChI is InChI=1S/C29H24FN5O7S/c30-22-12-14-23(15-13-22)32-29(37)20-42-25-16-10-21(11-17-25)18-31-33-28(36)19-34(24-6-2-1-3-7-24)43(40,41)27-9-5-4-8-26(27)35(38)39/h1-18H,19-20H2,(H,32,37)(H,33,36)/b31-18-. The lowest BCUT2D eigenvalue weighted by atomic mass is 10.2. The molecule has 0 fully saturated rings. The summed E-state index contributed by atoms with van der Waals surface area (Å²) in [6, 6.07) is 24.2. The average molecular weight is 606 g/mol. The van der Waals surface area contributed by atoms with E-state index in [0.29, 0.717) is 17.0 Å². The van der Waals surface area contributed by atoms with Crippen molar-refractivity contribution in [3.63, 3.8) is 0 Å². The van der Waals surface area contributed by atoms with Crippen LogP contribution in [0.25, 0.3) is 0 Å². The maximum absolute atomic E-state index is 13.5. The van der Waals surface area contributed by atoms with Gasteiger partial charge in [-0.3, -0.25) is 24.0 Å². The van der Waals surface area contributed by atoms with Crippen LogP contribution in [-0.4, -0.2) is 44.5 Å². The molecule has 220 valence electrons. The summed E-state index contributed by atoms with van der Waals surface area (Å²) in [6.45, 7) is -0.990. The molecular weight excluding hydrogens is 581 g/mol. The average Bonchev–Trinajstić information content (AvgIpc) is 3.01. The Bertz CT molecular complexity index is 1730. The van der Waals surface area contributed by atoms with Crippen LogP contribution in [0.2, 0.25) is 0 Å². The van der Waals surface area contributed by atoms with Crippen LogP contribution >= 0.6 is 0 Å². The lowest BCUT2D eigenvalue weighted by Crippen LogP contribution is -2.39. The number of carbonyl (C=O) groups is 2. The Kier molecular flexibility index (Phi) is 9.75. The highest BCUT2D eigenvalue weighted by atomic mass is 32.2. The second-order valence-corrected chi connectivity index (χ2v) is 10.6. The van der Waals surface area contributed by atoms with Crippen molar-refractivity contribution in [2.75, 3.05) is 22.8 Å². The van der Waals surface area contributed by atoms with Crippen molar-refractivity contribution in [2.24, 2.45) is 5.10 Å². The number of nitro benzene ring substituents is 1. The molecule has 0 aliphatic rings. The molecule has 0 spiro atoms. The van der Waals surface area contributed by atoms with Gasteiger partial charge in [-0.15, -0.1) is 0 Å². The Balaban J connectivity index is 1.37. The van der Waals surface area contributed by atoms with Crippen molar-refractivity contribution in [1.29, 1.82) is 0 Å². The van der Waals surface area contributed by atoms with E-state index < -0.39 is 49.7 Å². The van der Waals surface area contributed by atoms with Crippen LogP contribution in [0.5, 0.6) is 5.75 Å². The topological polar surface area (TPSA) is 160 Å². The number of sulfonamides is 1. The number of benzene rings is 4. The van der Waals surface area contributed by atoms with E-state index in [0.717, 1.165) is 16.4 Å². The van der Waals surface area contributed by atoms with Crippen molar-refractivity contribution in [1.82, 2.24) is 5.43 Å². The summed E-state index contributed by atoms with van der Waals surface area (Å²) in [5, 5.41) is 17.9. The first-order chi connectivity index (χ1) is 20.6. The molecule has 12 nitrogen and oxygen atoms in total. The number of carbonyl (C=O) groups excluding carboxylic acids is 2. The van der Waals surface area contributed by atoms with E-state index in [1.165, 1.54) is 54.7 Å². The largest absolute Gasteiger partial charge is 0.484 e. The number of nitrogens with zero attached hydrogens (tertiary/aromatic N) is 3. The zero-order chi connectivity index (χ0) is 30.8. The lowest BCUT2D eigenvalue weighted by Gasteiger charge is -2.23. The Morgan fingerprint density at radius 3 is 2.23 bits per heavy atom. The molecule has 43 heavy (non-hydrogen) atoms. The summed E-state index contributed by atoms with van der Waals surface area (Å²) < 4.78 is 46.1. The smallest absolute Gasteiger partial charge is 0.289 e. The highest BCUT2D eigenvalue weighted by molar-refractivity contribution is 7.93. The molecule has 0 atom stereocenters.